The van der Waals surface area contributed by atoms with E-state index in [9.17, 15) is 8.42 Å². The van der Waals surface area contributed by atoms with Crippen LogP contribution in [0, 0.1) is 0 Å². The Bertz CT molecular complexity index is 355. The fourth-order valence-electron chi connectivity index (χ4n) is 0.675. The van der Waals surface area contributed by atoms with Gasteiger partial charge in [-0.1, -0.05) is 6.92 Å². The highest BCUT2D eigenvalue weighted by Crippen LogP contribution is 2.08. The van der Waals surface area contributed by atoms with E-state index in [-0.39, 0.29) is 6.01 Å². The van der Waals surface area contributed by atoms with Gasteiger partial charge in [0.25, 0.3) is 0 Å². The van der Waals surface area contributed by atoms with Crippen LogP contribution >= 0.6 is 0 Å². The van der Waals surface area contributed by atoms with E-state index < -0.39 is 10.0 Å². The van der Waals surface area contributed by atoms with E-state index in [0.29, 0.717) is 0 Å². The minimum absolute atomic E-state index is 0.0225. The van der Waals surface area contributed by atoms with Crippen LogP contribution in [0.2, 0.25) is 0 Å². The van der Waals surface area contributed by atoms with Crippen molar-refractivity contribution in [2.24, 2.45) is 0 Å². The van der Waals surface area contributed by atoms with E-state index in [1.54, 1.807) is 0 Å². The molecule has 12 heavy (non-hydrogen) atoms. The van der Waals surface area contributed by atoms with Gasteiger partial charge in [-0.05, 0) is 6.42 Å². The Hall–Kier alpha value is -1.04. The quantitative estimate of drug-likeness (QED) is 0.757. The van der Waals surface area contributed by atoms with E-state index in [4.69, 9.17) is 4.42 Å². The molecule has 68 valence electrons. The molecule has 0 spiro atoms. The first-order chi connectivity index (χ1) is 5.51. The Kier molecular flexibility index (Phi) is 2.37. The standard InChI is InChI=1S/C6H10N2O3S/c1-3-5-4-11-6(7-5)8-12(2,9)10/h4H,3H2,1-2H3,(H,7,8). The van der Waals surface area contributed by atoms with Crippen molar-refractivity contribution in [2.75, 3.05) is 11.0 Å². The average Bonchev–Trinajstić information content (AvgIpc) is 2.32. The number of hydrogen-bond acceptors (Lipinski definition) is 4. The smallest absolute Gasteiger partial charge is 0.308 e. The van der Waals surface area contributed by atoms with Crippen molar-refractivity contribution >= 4 is 16.0 Å². The topological polar surface area (TPSA) is 72.2 Å². The second-order valence-corrected chi connectivity index (χ2v) is 4.12. The van der Waals surface area contributed by atoms with Crippen molar-refractivity contribution < 1.29 is 12.8 Å². The van der Waals surface area contributed by atoms with Crippen molar-refractivity contribution in [1.29, 1.82) is 0 Å². The summed E-state index contributed by atoms with van der Waals surface area (Å²) >= 11 is 0. The second kappa shape index (κ2) is 3.14. The van der Waals surface area contributed by atoms with Gasteiger partial charge in [0.05, 0.1) is 11.9 Å². The zero-order chi connectivity index (χ0) is 9.19. The normalized spacial score (nSPS) is 11.5. The van der Waals surface area contributed by atoms with Crippen molar-refractivity contribution in [1.82, 2.24) is 4.98 Å². The summed E-state index contributed by atoms with van der Waals surface area (Å²) in [6.45, 7) is 1.90. The molecule has 0 aliphatic rings. The van der Waals surface area contributed by atoms with E-state index in [1.807, 2.05) is 6.92 Å². The molecule has 0 fully saturated rings. The number of aryl methyl sites for hydroxylation is 1. The van der Waals surface area contributed by atoms with Crippen LogP contribution in [-0.2, 0) is 16.4 Å². The molecule has 0 aromatic carbocycles. The Morgan fingerprint density at radius 2 is 2.33 bits per heavy atom. The van der Waals surface area contributed by atoms with Gasteiger partial charge >= 0.3 is 6.01 Å². The largest absolute Gasteiger partial charge is 0.431 e. The lowest BCUT2D eigenvalue weighted by Gasteiger charge is -1.94. The maximum absolute atomic E-state index is 10.7. The molecule has 0 amide bonds. The van der Waals surface area contributed by atoms with Gasteiger partial charge in [-0.3, -0.25) is 0 Å². The number of oxazole rings is 1. The molecule has 0 aliphatic heterocycles. The van der Waals surface area contributed by atoms with E-state index >= 15 is 0 Å². The summed E-state index contributed by atoms with van der Waals surface area (Å²) in [7, 11) is -3.28. The molecule has 1 heterocycles. The lowest BCUT2D eigenvalue weighted by molar-refractivity contribution is 0.570. The number of rotatable bonds is 3. The number of aromatic nitrogens is 1. The zero-order valence-electron chi connectivity index (χ0n) is 6.86. The minimum Gasteiger partial charge on any atom is -0.431 e. The van der Waals surface area contributed by atoms with Gasteiger partial charge in [0.2, 0.25) is 10.0 Å². The molecule has 0 unspecified atom stereocenters. The zero-order valence-corrected chi connectivity index (χ0v) is 7.68. The molecule has 0 saturated heterocycles. The van der Waals surface area contributed by atoms with E-state index in [0.717, 1.165) is 18.4 Å². The van der Waals surface area contributed by atoms with Crippen molar-refractivity contribution in [3.05, 3.63) is 12.0 Å². The summed E-state index contributed by atoms with van der Waals surface area (Å²) in [6, 6.07) is 0.0225. The Morgan fingerprint density at radius 3 is 2.75 bits per heavy atom. The summed E-state index contributed by atoms with van der Waals surface area (Å²) in [5.74, 6) is 0. The first kappa shape index (κ1) is 9.05. The summed E-state index contributed by atoms with van der Waals surface area (Å²) in [5.41, 5.74) is 0.723. The van der Waals surface area contributed by atoms with Gasteiger partial charge in [0.1, 0.15) is 6.26 Å². The fraction of sp³-hybridized carbons (Fsp3) is 0.500. The van der Waals surface area contributed by atoms with Crippen molar-refractivity contribution in [3.63, 3.8) is 0 Å². The third-order valence-corrected chi connectivity index (χ3v) is 1.73. The predicted octanol–water partition coefficient (Wildman–Crippen LogP) is 0.609. The Labute approximate surface area is 70.9 Å². The van der Waals surface area contributed by atoms with E-state index in [1.165, 1.54) is 6.26 Å². The monoisotopic (exact) mass is 190 g/mol. The summed E-state index contributed by atoms with van der Waals surface area (Å²) in [5, 5.41) is 0. The van der Waals surface area contributed by atoms with Crippen molar-refractivity contribution in [2.45, 2.75) is 13.3 Å². The van der Waals surface area contributed by atoms with Crippen LogP contribution in [0.25, 0.3) is 0 Å². The Balaban J connectivity index is 2.78. The molecule has 0 saturated carbocycles. The number of hydrogen-bond donors (Lipinski definition) is 1. The molecule has 5 nitrogen and oxygen atoms in total. The number of anilines is 1. The highest BCUT2D eigenvalue weighted by atomic mass is 32.2. The summed E-state index contributed by atoms with van der Waals surface area (Å²) in [6.07, 6.45) is 3.19. The molecule has 1 aromatic rings. The molecule has 0 atom stereocenters. The highest BCUT2D eigenvalue weighted by molar-refractivity contribution is 7.91. The summed E-state index contributed by atoms with van der Waals surface area (Å²) in [4.78, 5) is 3.86. The Morgan fingerprint density at radius 1 is 1.67 bits per heavy atom. The van der Waals surface area contributed by atoms with Gasteiger partial charge in [-0.15, -0.1) is 0 Å². The van der Waals surface area contributed by atoms with Crippen molar-refractivity contribution in [3.8, 4) is 0 Å². The van der Waals surface area contributed by atoms with Crippen LogP contribution in [0.4, 0.5) is 6.01 Å². The van der Waals surface area contributed by atoms with Crippen LogP contribution in [0.15, 0.2) is 10.7 Å². The van der Waals surface area contributed by atoms with Crippen LogP contribution in [0.3, 0.4) is 0 Å². The SMILES string of the molecule is CCc1coc(NS(C)(=O)=O)n1. The van der Waals surface area contributed by atoms with Gasteiger partial charge in [0.15, 0.2) is 0 Å². The first-order valence-electron chi connectivity index (χ1n) is 3.43. The first-order valence-corrected chi connectivity index (χ1v) is 5.32. The molecule has 0 radical (unpaired) electrons. The molecule has 1 N–H and O–H groups in total. The molecule has 1 rings (SSSR count). The fourth-order valence-corrected chi connectivity index (χ4v) is 1.09. The molecular weight excluding hydrogens is 180 g/mol. The van der Waals surface area contributed by atoms with Gasteiger partial charge in [0, 0.05) is 0 Å². The lowest BCUT2D eigenvalue weighted by Crippen LogP contribution is -2.09. The van der Waals surface area contributed by atoms with Gasteiger partial charge in [-0.25, -0.2) is 13.1 Å². The van der Waals surface area contributed by atoms with Crippen LogP contribution in [0.5, 0.6) is 0 Å². The van der Waals surface area contributed by atoms with E-state index in [2.05, 4.69) is 9.71 Å². The maximum Gasteiger partial charge on any atom is 0.308 e. The molecule has 6 heteroatoms. The maximum atomic E-state index is 10.7. The third-order valence-electron chi connectivity index (χ3n) is 1.19. The molecular formula is C6H10N2O3S. The van der Waals surface area contributed by atoms with Crippen LogP contribution < -0.4 is 4.72 Å². The minimum atomic E-state index is -3.28. The molecule has 0 aliphatic carbocycles. The van der Waals surface area contributed by atoms with Gasteiger partial charge in [-0.2, -0.15) is 4.98 Å². The highest BCUT2D eigenvalue weighted by Gasteiger charge is 2.06. The van der Waals surface area contributed by atoms with Gasteiger partial charge < -0.3 is 4.42 Å². The number of nitrogens with zero attached hydrogens (tertiary/aromatic N) is 1. The number of nitrogens with one attached hydrogen (secondary N) is 1. The molecule has 0 bridgehead atoms. The van der Waals surface area contributed by atoms with Crippen LogP contribution in [-0.4, -0.2) is 19.7 Å². The predicted molar refractivity (Wildman–Crippen MR) is 44.3 cm³/mol. The lowest BCUT2D eigenvalue weighted by atomic mass is 10.4. The van der Waals surface area contributed by atoms with Crippen LogP contribution in [0.1, 0.15) is 12.6 Å². The average molecular weight is 190 g/mol. The second-order valence-electron chi connectivity index (χ2n) is 2.37. The third kappa shape index (κ3) is 2.54. The molecule has 1 aromatic heterocycles. The number of sulfonamides is 1. The summed E-state index contributed by atoms with van der Waals surface area (Å²) < 4.78 is 28.3.